The molecule has 4 nitrogen and oxygen atoms in total. The van der Waals surface area contributed by atoms with Crippen molar-refractivity contribution in [3.05, 3.63) is 59.3 Å². The first-order valence-electron chi connectivity index (χ1n) is 9.49. The Morgan fingerprint density at radius 3 is 2.86 bits per heavy atom. The van der Waals surface area contributed by atoms with E-state index in [1.165, 1.54) is 5.56 Å². The first kappa shape index (κ1) is 18.7. The number of benzene rings is 2. The Morgan fingerprint density at radius 2 is 2.07 bits per heavy atom. The van der Waals surface area contributed by atoms with Gasteiger partial charge in [0.25, 0.3) is 0 Å². The maximum atomic E-state index is 12.5. The molecule has 0 fully saturated rings. The molecule has 0 bridgehead atoms. The lowest BCUT2D eigenvalue weighted by Gasteiger charge is -2.17. The van der Waals surface area contributed by atoms with Gasteiger partial charge in [0, 0.05) is 23.6 Å². The zero-order chi connectivity index (χ0) is 19.7. The van der Waals surface area contributed by atoms with Crippen LogP contribution in [0.15, 0.2) is 42.6 Å². The quantitative estimate of drug-likeness (QED) is 0.625. The van der Waals surface area contributed by atoms with Crippen LogP contribution in [0.4, 0.5) is 8.78 Å². The summed E-state index contributed by atoms with van der Waals surface area (Å²) in [6.45, 7) is -1.85. The second-order valence-corrected chi connectivity index (χ2v) is 7.43. The van der Waals surface area contributed by atoms with Crippen LogP contribution < -0.4 is 9.47 Å². The molecular weight excluding hydrogens is 362 g/mol. The van der Waals surface area contributed by atoms with Gasteiger partial charge in [0.15, 0.2) is 0 Å². The van der Waals surface area contributed by atoms with Crippen molar-refractivity contribution in [1.82, 2.24) is 9.88 Å². The van der Waals surface area contributed by atoms with Gasteiger partial charge in [-0.15, -0.1) is 0 Å². The lowest BCUT2D eigenvalue weighted by Crippen LogP contribution is -2.15. The number of rotatable bonds is 7. The number of fused-ring (bicyclic) bond motifs is 2. The SMILES string of the molecule is CN(C)CCc1c[nH]c2cccc(O[C@H]3CCc4cc(OC(F)F)ccc43)c12. The summed E-state index contributed by atoms with van der Waals surface area (Å²) in [6.07, 6.45) is 4.51. The largest absolute Gasteiger partial charge is 0.485 e. The molecule has 3 aromatic rings. The van der Waals surface area contributed by atoms with Gasteiger partial charge in [-0.3, -0.25) is 0 Å². The van der Waals surface area contributed by atoms with Crippen molar-refractivity contribution in [3.63, 3.8) is 0 Å². The van der Waals surface area contributed by atoms with Crippen LogP contribution in [0.3, 0.4) is 0 Å². The number of nitrogens with zero attached hydrogens (tertiary/aromatic N) is 1. The van der Waals surface area contributed by atoms with E-state index >= 15 is 0 Å². The molecule has 0 saturated heterocycles. The number of halogens is 2. The lowest BCUT2D eigenvalue weighted by atomic mass is 10.1. The van der Waals surface area contributed by atoms with Gasteiger partial charge < -0.3 is 19.4 Å². The Morgan fingerprint density at radius 1 is 1.21 bits per heavy atom. The van der Waals surface area contributed by atoms with E-state index in [9.17, 15) is 8.78 Å². The Hall–Kier alpha value is -2.60. The maximum absolute atomic E-state index is 12.5. The molecular formula is C22H24F2N2O2. The highest BCUT2D eigenvalue weighted by molar-refractivity contribution is 5.89. The fourth-order valence-corrected chi connectivity index (χ4v) is 3.87. The zero-order valence-corrected chi connectivity index (χ0v) is 16.0. The molecule has 1 N–H and O–H groups in total. The van der Waals surface area contributed by atoms with Crippen molar-refractivity contribution in [3.8, 4) is 11.5 Å². The van der Waals surface area contributed by atoms with Crippen LogP contribution in [-0.2, 0) is 12.8 Å². The van der Waals surface area contributed by atoms with Crippen LogP contribution in [0.1, 0.15) is 29.2 Å². The molecule has 0 unspecified atom stereocenters. The first-order chi connectivity index (χ1) is 13.5. The average Bonchev–Trinajstić information content (AvgIpc) is 3.24. The standard InChI is InChI=1S/C22H24F2N2O2/c1-26(2)11-10-15-13-25-18-4-3-5-20(21(15)18)28-19-9-6-14-12-16(27-22(23)24)7-8-17(14)19/h3-5,7-8,12-13,19,22,25H,6,9-11H2,1-2H3/t19-/m0/s1. The van der Waals surface area contributed by atoms with Crippen molar-refractivity contribution in [1.29, 1.82) is 0 Å². The number of hydrogen-bond acceptors (Lipinski definition) is 3. The van der Waals surface area contributed by atoms with Crippen molar-refractivity contribution >= 4 is 10.9 Å². The predicted molar refractivity (Wildman–Crippen MR) is 105 cm³/mol. The number of likely N-dealkylation sites (N-methyl/N-ethyl adjacent to an activating group) is 1. The fourth-order valence-electron chi connectivity index (χ4n) is 3.87. The Balaban J connectivity index is 1.59. The highest BCUT2D eigenvalue weighted by Gasteiger charge is 2.26. The van der Waals surface area contributed by atoms with Gasteiger partial charge in [0.2, 0.25) is 0 Å². The number of nitrogens with one attached hydrogen (secondary N) is 1. The van der Waals surface area contributed by atoms with Gasteiger partial charge in [0.05, 0.1) is 0 Å². The minimum absolute atomic E-state index is 0.0854. The van der Waals surface area contributed by atoms with Gasteiger partial charge in [-0.1, -0.05) is 12.1 Å². The van der Waals surface area contributed by atoms with E-state index in [4.69, 9.17) is 4.74 Å². The smallest absolute Gasteiger partial charge is 0.387 e. The number of aromatic nitrogens is 1. The van der Waals surface area contributed by atoms with Crippen LogP contribution >= 0.6 is 0 Å². The molecule has 6 heteroatoms. The van der Waals surface area contributed by atoms with E-state index in [-0.39, 0.29) is 11.9 Å². The minimum Gasteiger partial charge on any atom is -0.485 e. The van der Waals surface area contributed by atoms with Gasteiger partial charge in [-0.05, 0) is 74.3 Å². The van der Waals surface area contributed by atoms with E-state index in [0.717, 1.165) is 53.6 Å². The summed E-state index contributed by atoms with van der Waals surface area (Å²) < 4.78 is 35.8. The van der Waals surface area contributed by atoms with Gasteiger partial charge in [0.1, 0.15) is 17.6 Å². The monoisotopic (exact) mass is 386 g/mol. The lowest BCUT2D eigenvalue weighted by molar-refractivity contribution is -0.0498. The Bertz CT molecular complexity index is 968. The highest BCUT2D eigenvalue weighted by atomic mass is 19.3. The Labute approximate surface area is 163 Å². The number of aromatic amines is 1. The zero-order valence-electron chi connectivity index (χ0n) is 16.0. The van der Waals surface area contributed by atoms with Crippen LogP contribution in [0.5, 0.6) is 11.5 Å². The molecule has 2 aromatic carbocycles. The molecule has 1 atom stereocenters. The maximum Gasteiger partial charge on any atom is 0.387 e. The molecule has 0 spiro atoms. The van der Waals surface area contributed by atoms with Crippen LogP contribution in [-0.4, -0.2) is 37.1 Å². The molecule has 0 saturated carbocycles. The van der Waals surface area contributed by atoms with E-state index < -0.39 is 6.61 Å². The summed E-state index contributed by atoms with van der Waals surface area (Å²) in [6, 6.07) is 11.2. The van der Waals surface area contributed by atoms with Crippen molar-refractivity contribution < 1.29 is 18.3 Å². The van der Waals surface area contributed by atoms with Gasteiger partial charge in [-0.2, -0.15) is 8.78 Å². The summed E-state index contributed by atoms with van der Waals surface area (Å²) in [5.74, 6) is 1.06. The normalized spacial score (nSPS) is 16.1. The Kier molecular flexibility index (Phi) is 5.22. The van der Waals surface area contributed by atoms with Crippen molar-refractivity contribution in [2.24, 2.45) is 0 Å². The molecule has 28 heavy (non-hydrogen) atoms. The van der Waals surface area contributed by atoms with Crippen LogP contribution in [0.2, 0.25) is 0 Å². The second kappa shape index (κ2) is 7.80. The van der Waals surface area contributed by atoms with E-state index in [0.29, 0.717) is 0 Å². The third-order valence-electron chi connectivity index (χ3n) is 5.21. The van der Waals surface area contributed by atoms with Gasteiger partial charge >= 0.3 is 6.61 Å². The topological polar surface area (TPSA) is 37.5 Å². The van der Waals surface area contributed by atoms with Gasteiger partial charge in [-0.25, -0.2) is 0 Å². The molecule has 1 aliphatic carbocycles. The summed E-state index contributed by atoms with van der Waals surface area (Å²) >= 11 is 0. The molecule has 0 aliphatic heterocycles. The molecule has 1 aliphatic rings. The fraction of sp³-hybridized carbons (Fsp3) is 0.364. The summed E-state index contributed by atoms with van der Waals surface area (Å²) in [5.41, 5.74) is 4.35. The summed E-state index contributed by atoms with van der Waals surface area (Å²) in [4.78, 5) is 5.50. The summed E-state index contributed by atoms with van der Waals surface area (Å²) in [5, 5.41) is 1.12. The molecule has 1 aromatic heterocycles. The minimum atomic E-state index is -2.81. The number of ether oxygens (including phenoxy) is 2. The van der Waals surface area contributed by atoms with E-state index in [1.54, 1.807) is 12.1 Å². The number of aryl methyl sites for hydroxylation is 1. The molecule has 0 amide bonds. The number of alkyl halides is 2. The first-order valence-corrected chi connectivity index (χ1v) is 9.49. The average molecular weight is 386 g/mol. The van der Waals surface area contributed by atoms with Crippen LogP contribution in [0.25, 0.3) is 10.9 Å². The third-order valence-corrected chi connectivity index (χ3v) is 5.21. The van der Waals surface area contributed by atoms with Crippen LogP contribution in [0, 0.1) is 0 Å². The number of H-pyrrole nitrogens is 1. The molecule has 148 valence electrons. The van der Waals surface area contributed by atoms with E-state index in [2.05, 4.69) is 41.0 Å². The van der Waals surface area contributed by atoms with Crippen molar-refractivity contribution in [2.45, 2.75) is 32.0 Å². The molecule has 4 rings (SSSR count). The van der Waals surface area contributed by atoms with E-state index in [1.807, 2.05) is 18.2 Å². The second-order valence-electron chi connectivity index (χ2n) is 7.43. The molecule has 0 radical (unpaired) electrons. The summed E-state index contributed by atoms with van der Waals surface area (Å²) in [7, 11) is 4.13. The number of hydrogen-bond donors (Lipinski definition) is 1. The molecule has 1 heterocycles. The van der Waals surface area contributed by atoms with Crippen molar-refractivity contribution in [2.75, 3.05) is 20.6 Å². The predicted octanol–water partition coefficient (Wildman–Crippen LogP) is 4.94. The highest BCUT2D eigenvalue weighted by Crippen LogP contribution is 2.39. The third kappa shape index (κ3) is 3.83.